The summed E-state index contributed by atoms with van der Waals surface area (Å²) in [4.78, 5) is 0. The summed E-state index contributed by atoms with van der Waals surface area (Å²) in [7, 11) is 1.99. The third-order valence-electron chi connectivity index (χ3n) is 3.91. The Labute approximate surface area is 129 Å². The van der Waals surface area contributed by atoms with Crippen molar-refractivity contribution in [2.75, 3.05) is 6.54 Å². The largest absolute Gasteiger partial charge is 0.314 e. The van der Waals surface area contributed by atoms with Crippen molar-refractivity contribution in [3.63, 3.8) is 0 Å². The van der Waals surface area contributed by atoms with Crippen molar-refractivity contribution in [1.82, 2.24) is 15.1 Å². The molecule has 0 bridgehead atoms. The van der Waals surface area contributed by atoms with E-state index in [1.165, 1.54) is 12.1 Å². The summed E-state index contributed by atoms with van der Waals surface area (Å²) < 4.78 is 1.94. The first-order valence-electron chi connectivity index (χ1n) is 7.74. The van der Waals surface area contributed by atoms with Gasteiger partial charge >= 0.3 is 0 Å². The van der Waals surface area contributed by atoms with Crippen LogP contribution in [-0.2, 0) is 19.9 Å². The van der Waals surface area contributed by atoms with Gasteiger partial charge in [0.05, 0.1) is 16.4 Å². The SMILES string of the molecule is CCNC(CCCc1c(Cl)c(CC)nn1C)C(C)(C)C. The van der Waals surface area contributed by atoms with Crippen molar-refractivity contribution in [2.24, 2.45) is 12.5 Å². The van der Waals surface area contributed by atoms with Crippen LogP contribution in [0.2, 0.25) is 5.02 Å². The van der Waals surface area contributed by atoms with Gasteiger partial charge in [0.1, 0.15) is 0 Å². The van der Waals surface area contributed by atoms with E-state index in [1.807, 2.05) is 11.7 Å². The normalized spacial score (nSPS) is 13.8. The molecular weight excluding hydrogens is 270 g/mol. The molecule has 3 nitrogen and oxygen atoms in total. The van der Waals surface area contributed by atoms with Gasteiger partial charge in [0.15, 0.2) is 0 Å². The summed E-state index contributed by atoms with van der Waals surface area (Å²) in [5.41, 5.74) is 2.48. The number of hydrogen-bond donors (Lipinski definition) is 1. The smallest absolute Gasteiger partial charge is 0.0849 e. The van der Waals surface area contributed by atoms with Crippen LogP contribution in [0.3, 0.4) is 0 Å². The molecule has 0 fully saturated rings. The Morgan fingerprint density at radius 3 is 2.40 bits per heavy atom. The van der Waals surface area contributed by atoms with Crippen LogP contribution < -0.4 is 5.32 Å². The summed E-state index contributed by atoms with van der Waals surface area (Å²) in [6.07, 6.45) is 4.20. The van der Waals surface area contributed by atoms with Gasteiger partial charge < -0.3 is 5.32 Å². The van der Waals surface area contributed by atoms with E-state index in [9.17, 15) is 0 Å². The maximum Gasteiger partial charge on any atom is 0.0849 e. The molecule has 1 unspecified atom stereocenters. The summed E-state index contributed by atoms with van der Waals surface area (Å²) in [6.45, 7) is 12.2. The van der Waals surface area contributed by atoms with Crippen LogP contribution in [0.15, 0.2) is 0 Å². The van der Waals surface area contributed by atoms with Crippen LogP contribution in [0.25, 0.3) is 0 Å². The van der Waals surface area contributed by atoms with Crippen LogP contribution in [0, 0.1) is 5.41 Å². The number of nitrogens with zero attached hydrogens (tertiary/aromatic N) is 2. The second kappa shape index (κ2) is 7.46. The number of aryl methyl sites for hydroxylation is 2. The monoisotopic (exact) mass is 299 g/mol. The van der Waals surface area contributed by atoms with Crippen molar-refractivity contribution in [3.8, 4) is 0 Å². The predicted molar refractivity (Wildman–Crippen MR) is 87.5 cm³/mol. The lowest BCUT2D eigenvalue weighted by atomic mass is 9.83. The third kappa shape index (κ3) is 4.49. The summed E-state index contributed by atoms with van der Waals surface area (Å²) in [6, 6.07) is 0.546. The van der Waals surface area contributed by atoms with Crippen molar-refractivity contribution in [1.29, 1.82) is 0 Å². The molecule has 0 amide bonds. The van der Waals surface area contributed by atoms with E-state index >= 15 is 0 Å². The first-order valence-corrected chi connectivity index (χ1v) is 8.12. The minimum Gasteiger partial charge on any atom is -0.314 e. The topological polar surface area (TPSA) is 29.9 Å². The molecule has 1 aromatic heterocycles. The molecule has 20 heavy (non-hydrogen) atoms. The fourth-order valence-corrected chi connectivity index (χ4v) is 3.04. The van der Waals surface area contributed by atoms with E-state index in [2.05, 4.69) is 45.0 Å². The van der Waals surface area contributed by atoms with Gasteiger partial charge in [0.25, 0.3) is 0 Å². The average molecular weight is 300 g/mol. The van der Waals surface area contributed by atoms with Crippen molar-refractivity contribution in [3.05, 3.63) is 16.4 Å². The number of rotatable bonds is 7. The lowest BCUT2D eigenvalue weighted by molar-refractivity contribution is 0.254. The van der Waals surface area contributed by atoms with Crippen LogP contribution in [0.5, 0.6) is 0 Å². The molecule has 0 saturated heterocycles. The van der Waals surface area contributed by atoms with Crippen LogP contribution in [0.1, 0.15) is 58.8 Å². The molecule has 0 radical (unpaired) electrons. The van der Waals surface area contributed by atoms with E-state index in [1.54, 1.807) is 0 Å². The lowest BCUT2D eigenvalue weighted by Gasteiger charge is -2.31. The van der Waals surface area contributed by atoms with Crippen LogP contribution >= 0.6 is 11.6 Å². The average Bonchev–Trinajstić information content (AvgIpc) is 2.63. The molecule has 116 valence electrons. The fraction of sp³-hybridized carbons (Fsp3) is 0.812. The Hall–Kier alpha value is -0.540. The molecule has 0 aliphatic heterocycles. The van der Waals surface area contributed by atoms with Gasteiger partial charge in [-0.05, 0) is 37.6 Å². The molecule has 1 N–H and O–H groups in total. The van der Waals surface area contributed by atoms with Gasteiger partial charge in [-0.3, -0.25) is 4.68 Å². The predicted octanol–water partition coefficient (Wildman–Crippen LogP) is 3.98. The minimum absolute atomic E-state index is 0.293. The molecule has 1 heterocycles. The van der Waals surface area contributed by atoms with Gasteiger partial charge in [-0.2, -0.15) is 5.10 Å². The van der Waals surface area contributed by atoms with Gasteiger partial charge in [0, 0.05) is 13.1 Å². The van der Waals surface area contributed by atoms with Crippen LogP contribution in [0.4, 0.5) is 0 Å². The number of halogens is 1. The highest BCUT2D eigenvalue weighted by Crippen LogP contribution is 2.26. The summed E-state index contributed by atoms with van der Waals surface area (Å²) >= 11 is 6.40. The van der Waals surface area contributed by atoms with Crippen LogP contribution in [-0.4, -0.2) is 22.4 Å². The molecule has 0 aliphatic carbocycles. The molecular formula is C16H30ClN3. The molecule has 0 spiro atoms. The van der Waals surface area contributed by atoms with E-state index < -0.39 is 0 Å². The standard InChI is InChI=1S/C16H30ClN3/c1-7-12-15(17)13(20(6)19-12)10-9-11-14(18-8-2)16(3,4)5/h14,18H,7-11H2,1-6H3. The summed E-state index contributed by atoms with van der Waals surface area (Å²) in [5, 5.41) is 8.95. The van der Waals surface area contributed by atoms with Gasteiger partial charge in [-0.15, -0.1) is 0 Å². The third-order valence-corrected chi connectivity index (χ3v) is 4.34. The fourth-order valence-electron chi connectivity index (χ4n) is 2.65. The number of nitrogens with one attached hydrogen (secondary N) is 1. The molecule has 0 saturated carbocycles. The quantitative estimate of drug-likeness (QED) is 0.825. The van der Waals surface area contributed by atoms with Crippen molar-refractivity contribution in [2.45, 2.75) is 66.3 Å². The highest BCUT2D eigenvalue weighted by atomic mass is 35.5. The van der Waals surface area contributed by atoms with E-state index in [4.69, 9.17) is 11.6 Å². The zero-order valence-corrected chi connectivity index (χ0v) is 14.6. The maximum absolute atomic E-state index is 6.40. The van der Waals surface area contributed by atoms with E-state index in [0.717, 1.165) is 36.5 Å². The number of hydrogen-bond acceptors (Lipinski definition) is 2. The maximum atomic E-state index is 6.40. The minimum atomic E-state index is 0.293. The number of aromatic nitrogens is 2. The van der Waals surface area contributed by atoms with Gasteiger partial charge in [-0.25, -0.2) is 0 Å². The van der Waals surface area contributed by atoms with Gasteiger partial charge in [-0.1, -0.05) is 46.2 Å². The first-order chi connectivity index (χ1) is 9.31. The van der Waals surface area contributed by atoms with Gasteiger partial charge in [0.2, 0.25) is 0 Å². The van der Waals surface area contributed by atoms with E-state index in [-0.39, 0.29) is 0 Å². The second-order valence-corrected chi connectivity index (χ2v) is 6.93. The molecule has 0 aromatic carbocycles. The zero-order valence-electron chi connectivity index (χ0n) is 13.9. The lowest BCUT2D eigenvalue weighted by Crippen LogP contribution is -2.40. The molecule has 1 aromatic rings. The van der Waals surface area contributed by atoms with Crippen molar-refractivity contribution >= 4 is 11.6 Å². The molecule has 1 atom stereocenters. The van der Waals surface area contributed by atoms with Crippen molar-refractivity contribution < 1.29 is 0 Å². The molecule has 4 heteroatoms. The Balaban J connectivity index is 2.61. The Morgan fingerprint density at radius 2 is 1.95 bits per heavy atom. The molecule has 0 aliphatic rings. The second-order valence-electron chi connectivity index (χ2n) is 6.55. The highest BCUT2D eigenvalue weighted by Gasteiger charge is 2.23. The Kier molecular flexibility index (Phi) is 6.53. The zero-order chi connectivity index (χ0) is 15.3. The first kappa shape index (κ1) is 17.5. The summed E-state index contributed by atoms with van der Waals surface area (Å²) in [5.74, 6) is 0. The highest BCUT2D eigenvalue weighted by molar-refractivity contribution is 6.31. The Morgan fingerprint density at radius 1 is 1.30 bits per heavy atom. The Bertz CT molecular complexity index is 418. The molecule has 1 rings (SSSR count). The van der Waals surface area contributed by atoms with E-state index in [0.29, 0.717) is 11.5 Å².